The number of hydrazine groups is 1. The second-order valence-corrected chi connectivity index (χ2v) is 6.22. The molecule has 10 heteroatoms. The first-order valence-corrected chi connectivity index (χ1v) is 8.02. The third-order valence-electron chi connectivity index (χ3n) is 2.99. The Bertz CT molecular complexity index is 864. The molecule has 2 aromatic carbocycles. The van der Waals surface area contributed by atoms with E-state index in [2.05, 4.69) is 5.43 Å². The molecule has 0 bridgehead atoms. The van der Waals surface area contributed by atoms with Crippen molar-refractivity contribution in [1.29, 1.82) is 0 Å². The highest BCUT2D eigenvalue weighted by atomic mass is 32.2. The molecular formula is C14H13N3O6S. The van der Waals surface area contributed by atoms with Crippen LogP contribution in [0.3, 0.4) is 0 Å². The standard InChI is InChI=1S/C14H13N3O6S/c1-23-12-4-2-3-10(9-12)14(18)15-16-24(21,22)13-7-5-11(6-8-13)17(19)20/h2-9,16H,1H3,(H,15,18). The molecule has 126 valence electrons. The Morgan fingerprint density at radius 3 is 2.42 bits per heavy atom. The van der Waals surface area contributed by atoms with Crippen molar-refractivity contribution in [3.8, 4) is 5.75 Å². The lowest BCUT2D eigenvalue weighted by molar-refractivity contribution is -0.384. The number of hydrogen-bond donors (Lipinski definition) is 2. The van der Waals surface area contributed by atoms with Gasteiger partial charge in [-0.15, -0.1) is 4.83 Å². The molecule has 0 saturated carbocycles. The number of ether oxygens (including phenoxy) is 1. The van der Waals surface area contributed by atoms with Crippen molar-refractivity contribution >= 4 is 21.6 Å². The van der Waals surface area contributed by atoms with E-state index in [0.717, 1.165) is 24.3 Å². The minimum absolute atomic E-state index is 0.195. The number of carbonyl (C=O) groups is 1. The quantitative estimate of drug-likeness (QED) is 0.595. The van der Waals surface area contributed by atoms with Crippen LogP contribution >= 0.6 is 0 Å². The van der Waals surface area contributed by atoms with Gasteiger partial charge in [-0.1, -0.05) is 6.07 Å². The van der Waals surface area contributed by atoms with Crippen LogP contribution < -0.4 is 15.0 Å². The van der Waals surface area contributed by atoms with Crippen molar-refractivity contribution in [1.82, 2.24) is 10.3 Å². The highest BCUT2D eigenvalue weighted by Gasteiger charge is 2.17. The van der Waals surface area contributed by atoms with E-state index in [1.165, 1.54) is 19.2 Å². The average Bonchev–Trinajstić information content (AvgIpc) is 2.59. The van der Waals surface area contributed by atoms with Gasteiger partial charge in [-0.05, 0) is 30.3 Å². The number of methoxy groups -OCH3 is 1. The van der Waals surface area contributed by atoms with Gasteiger partial charge < -0.3 is 4.74 Å². The third kappa shape index (κ3) is 4.06. The van der Waals surface area contributed by atoms with Crippen molar-refractivity contribution in [2.45, 2.75) is 4.90 Å². The van der Waals surface area contributed by atoms with E-state index in [9.17, 15) is 23.3 Å². The smallest absolute Gasteiger partial charge is 0.269 e. The fraction of sp³-hybridized carbons (Fsp3) is 0.0714. The summed E-state index contributed by atoms with van der Waals surface area (Å²) in [4.78, 5) is 23.6. The number of hydrogen-bond acceptors (Lipinski definition) is 6. The SMILES string of the molecule is COc1cccc(C(=O)NNS(=O)(=O)c2ccc([N+](=O)[O-])cc2)c1. The molecule has 0 radical (unpaired) electrons. The number of rotatable bonds is 6. The van der Waals surface area contributed by atoms with Crippen LogP contribution in [0.15, 0.2) is 53.4 Å². The summed E-state index contributed by atoms with van der Waals surface area (Å²) in [6.45, 7) is 0. The molecule has 0 saturated heterocycles. The lowest BCUT2D eigenvalue weighted by atomic mass is 10.2. The summed E-state index contributed by atoms with van der Waals surface area (Å²) in [5.74, 6) is -0.236. The third-order valence-corrected chi connectivity index (χ3v) is 4.25. The van der Waals surface area contributed by atoms with Crippen LogP contribution in [0.4, 0.5) is 5.69 Å². The van der Waals surface area contributed by atoms with E-state index in [0.29, 0.717) is 5.75 Å². The topological polar surface area (TPSA) is 128 Å². The maximum atomic E-state index is 12.1. The normalized spacial score (nSPS) is 10.9. The van der Waals surface area contributed by atoms with Crippen LogP contribution in [-0.4, -0.2) is 26.4 Å². The number of sulfonamides is 1. The van der Waals surface area contributed by atoms with Gasteiger partial charge in [0, 0.05) is 17.7 Å². The molecule has 9 nitrogen and oxygen atoms in total. The number of nitro benzene ring substituents is 1. The first kappa shape index (κ1) is 17.4. The van der Waals surface area contributed by atoms with Gasteiger partial charge in [0.1, 0.15) is 5.75 Å². The number of benzene rings is 2. The van der Waals surface area contributed by atoms with Gasteiger partial charge in [-0.3, -0.25) is 20.3 Å². The Morgan fingerprint density at radius 2 is 1.83 bits per heavy atom. The molecule has 1 amide bonds. The van der Waals surface area contributed by atoms with Crippen LogP contribution in [0.1, 0.15) is 10.4 Å². The number of carbonyl (C=O) groups excluding carboxylic acids is 1. The van der Waals surface area contributed by atoms with Gasteiger partial charge in [0.25, 0.3) is 21.6 Å². The zero-order chi connectivity index (χ0) is 17.7. The van der Waals surface area contributed by atoms with Crippen LogP contribution in [0.2, 0.25) is 0 Å². The molecular weight excluding hydrogens is 338 g/mol. The average molecular weight is 351 g/mol. The van der Waals surface area contributed by atoms with Crippen LogP contribution in [0.25, 0.3) is 0 Å². The van der Waals surface area contributed by atoms with Crippen LogP contribution in [0, 0.1) is 10.1 Å². The second kappa shape index (κ2) is 7.06. The van der Waals surface area contributed by atoms with E-state index < -0.39 is 20.9 Å². The second-order valence-electron chi connectivity index (χ2n) is 4.54. The highest BCUT2D eigenvalue weighted by molar-refractivity contribution is 7.89. The van der Waals surface area contributed by atoms with E-state index >= 15 is 0 Å². The fourth-order valence-corrected chi connectivity index (χ4v) is 2.60. The molecule has 0 unspecified atom stereocenters. The first-order chi connectivity index (χ1) is 11.3. The van der Waals surface area contributed by atoms with Crippen LogP contribution in [-0.2, 0) is 10.0 Å². The Morgan fingerprint density at radius 1 is 1.17 bits per heavy atom. The van der Waals surface area contributed by atoms with E-state index in [1.807, 2.05) is 4.83 Å². The van der Waals surface area contributed by atoms with Crippen molar-refractivity contribution < 1.29 is 22.9 Å². The molecule has 0 heterocycles. The van der Waals surface area contributed by atoms with Crippen molar-refractivity contribution in [3.63, 3.8) is 0 Å². The summed E-state index contributed by atoms with van der Waals surface area (Å²) >= 11 is 0. The van der Waals surface area contributed by atoms with E-state index in [1.54, 1.807) is 12.1 Å². The highest BCUT2D eigenvalue weighted by Crippen LogP contribution is 2.15. The minimum Gasteiger partial charge on any atom is -0.497 e. The van der Waals surface area contributed by atoms with Crippen LogP contribution in [0.5, 0.6) is 5.75 Å². The Hall–Kier alpha value is -2.98. The summed E-state index contributed by atoms with van der Waals surface area (Å²) in [6, 6.07) is 10.4. The molecule has 0 spiro atoms. The summed E-state index contributed by atoms with van der Waals surface area (Å²) in [5, 5.41) is 10.6. The van der Waals surface area contributed by atoms with Gasteiger partial charge in [-0.25, -0.2) is 8.42 Å². The lowest BCUT2D eigenvalue weighted by Gasteiger charge is -2.09. The molecule has 0 aliphatic heterocycles. The number of nitro groups is 1. The molecule has 0 aliphatic rings. The largest absolute Gasteiger partial charge is 0.497 e. The lowest BCUT2D eigenvalue weighted by Crippen LogP contribution is -2.41. The Balaban J connectivity index is 2.09. The van der Waals surface area contributed by atoms with Gasteiger partial charge >= 0.3 is 0 Å². The first-order valence-electron chi connectivity index (χ1n) is 6.54. The minimum atomic E-state index is -4.06. The summed E-state index contributed by atoms with van der Waals surface area (Å²) < 4.78 is 29.1. The van der Waals surface area contributed by atoms with E-state index in [4.69, 9.17) is 4.74 Å². The maximum absolute atomic E-state index is 12.1. The Kier molecular flexibility index (Phi) is 5.11. The van der Waals surface area contributed by atoms with Crippen molar-refractivity contribution in [2.75, 3.05) is 7.11 Å². The Labute approximate surface area is 137 Å². The summed E-state index contributed by atoms with van der Waals surface area (Å²) in [7, 11) is -2.62. The number of non-ortho nitro benzene ring substituents is 1. The summed E-state index contributed by atoms with van der Waals surface area (Å²) in [5.41, 5.74) is 2.01. The van der Waals surface area contributed by atoms with Gasteiger partial charge in [0.05, 0.1) is 16.9 Å². The van der Waals surface area contributed by atoms with Gasteiger partial charge in [0.15, 0.2) is 0 Å². The molecule has 0 aromatic heterocycles. The predicted molar refractivity (Wildman–Crippen MR) is 83.9 cm³/mol. The molecule has 0 aliphatic carbocycles. The number of nitrogens with one attached hydrogen (secondary N) is 2. The monoisotopic (exact) mass is 351 g/mol. The van der Waals surface area contributed by atoms with Crippen molar-refractivity contribution in [3.05, 3.63) is 64.2 Å². The molecule has 0 atom stereocenters. The number of amides is 1. The molecule has 24 heavy (non-hydrogen) atoms. The molecule has 2 rings (SSSR count). The van der Waals surface area contributed by atoms with Crippen molar-refractivity contribution in [2.24, 2.45) is 0 Å². The zero-order valence-corrected chi connectivity index (χ0v) is 13.2. The maximum Gasteiger partial charge on any atom is 0.269 e. The molecule has 0 fully saturated rings. The molecule has 2 aromatic rings. The van der Waals surface area contributed by atoms with Gasteiger partial charge in [0.2, 0.25) is 0 Å². The van der Waals surface area contributed by atoms with Gasteiger partial charge in [-0.2, -0.15) is 0 Å². The predicted octanol–water partition coefficient (Wildman–Crippen LogP) is 1.23. The fourth-order valence-electron chi connectivity index (χ4n) is 1.76. The summed E-state index contributed by atoms with van der Waals surface area (Å²) in [6.07, 6.45) is 0. The number of nitrogens with zero attached hydrogens (tertiary/aromatic N) is 1. The molecule has 2 N–H and O–H groups in total. The van der Waals surface area contributed by atoms with E-state index in [-0.39, 0.29) is 16.1 Å². The zero-order valence-electron chi connectivity index (χ0n) is 12.4.